The summed E-state index contributed by atoms with van der Waals surface area (Å²) in [7, 11) is 0. The van der Waals surface area contributed by atoms with E-state index < -0.39 is 0 Å². The van der Waals surface area contributed by atoms with E-state index in [1.54, 1.807) is 30.3 Å². The van der Waals surface area contributed by atoms with Gasteiger partial charge in [-0.15, -0.1) is 0 Å². The molecule has 0 radical (unpaired) electrons. The molecule has 1 aliphatic rings. The molecule has 2 aromatic rings. The third-order valence-corrected chi connectivity index (χ3v) is 3.76. The van der Waals surface area contributed by atoms with Gasteiger partial charge < -0.3 is 19.5 Å². The quantitative estimate of drug-likeness (QED) is 0.814. The summed E-state index contributed by atoms with van der Waals surface area (Å²) in [4.78, 5) is 12.1. The van der Waals surface area contributed by atoms with Crippen molar-refractivity contribution in [3.8, 4) is 17.2 Å². The standard InChI is InChI=1S/C19H18ClNO4/c1-2-23-15-6-4-14(5-7-15)21-18(22)8-3-13-11-16(20)19-17(12-13)24-9-10-25-19/h3-8,11-12H,2,9-10H2,1H3,(H,21,22)/b8-3+. The summed E-state index contributed by atoms with van der Waals surface area (Å²) in [6, 6.07) is 10.7. The summed E-state index contributed by atoms with van der Waals surface area (Å²) in [5.74, 6) is 1.66. The molecular weight excluding hydrogens is 342 g/mol. The van der Waals surface area contributed by atoms with E-state index in [1.165, 1.54) is 6.08 Å². The van der Waals surface area contributed by atoms with Crippen LogP contribution in [0.25, 0.3) is 6.08 Å². The van der Waals surface area contributed by atoms with Gasteiger partial charge in [0.1, 0.15) is 19.0 Å². The van der Waals surface area contributed by atoms with E-state index in [9.17, 15) is 4.79 Å². The Morgan fingerprint density at radius 2 is 2.00 bits per heavy atom. The predicted octanol–water partition coefficient (Wildman–Crippen LogP) is 4.16. The second-order valence-electron chi connectivity index (χ2n) is 5.31. The maximum absolute atomic E-state index is 12.1. The first kappa shape index (κ1) is 17.2. The van der Waals surface area contributed by atoms with Gasteiger partial charge in [0.15, 0.2) is 11.5 Å². The lowest BCUT2D eigenvalue weighted by atomic mass is 10.1. The Morgan fingerprint density at radius 3 is 2.76 bits per heavy atom. The van der Waals surface area contributed by atoms with Crippen LogP contribution in [0.3, 0.4) is 0 Å². The highest BCUT2D eigenvalue weighted by atomic mass is 35.5. The molecule has 0 saturated heterocycles. The monoisotopic (exact) mass is 359 g/mol. The van der Waals surface area contributed by atoms with Gasteiger partial charge in [-0.1, -0.05) is 11.6 Å². The van der Waals surface area contributed by atoms with Gasteiger partial charge in [-0.2, -0.15) is 0 Å². The minimum atomic E-state index is -0.241. The molecule has 0 spiro atoms. The number of anilines is 1. The first-order chi connectivity index (χ1) is 12.2. The fourth-order valence-electron chi connectivity index (χ4n) is 2.38. The summed E-state index contributed by atoms with van der Waals surface area (Å²) in [5, 5.41) is 3.25. The Balaban J connectivity index is 1.65. The van der Waals surface area contributed by atoms with Gasteiger partial charge in [0, 0.05) is 11.8 Å². The first-order valence-corrected chi connectivity index (χ1v) is 8.34. The van der Waals surface area contributed by atoms with Gasteiger partial charge in [-0.25, -0.2) is 0 Å². The van der Waals surface area contributed by atoms with Crippen LogP contribution in [0.2, 0.25) is 5.02 Å². The van der Waals surface area contributed by atoms with Crippen molar-refractivity contribution in [1.29, 1.82) is 0 Å². The van der Waals surface area contributed by atoms with Crippen LogP contribution in [0.15, 0.2) is 42.5 Å². The molecule has 0 fully saturated rings. The average molecular weight is 360 g/mol. The van der Waals surface area contributed by atoms with Crippen LogP contribution in [0.1, 0.15) is 12.5 Å². The number of fused-ring (bicyclic) bond motifs is 1. The van der Waals surface area contributed by atoms with Gasteiger partial charge in [0.05, 0.1) is 11.6 Å². The minimum absolute atomic E-state index is 0.241. The van der Waals surface area contributed by atoms with Gasteiger partial charge in [-0.05, 0) is 55.0 Å². The molecule has 0 saturated carbocycles. The van der Waals surface area contributed by atoms with Crippen LogP contribution in [-0.2, 0) is 4.79 Å². The fraction of sp³-hybridized carbons (Fsp3) is 0.211. The molecule has 1 N–H and O–H groups in total. The third kappa shape index (κ3) is 4.45. The molecule has 130 valence electrons. The van der Waals surface area contributed by atoms with Crippen molar-refractivity contribution in [1.82, 2.24) is 0 Å². The highest BCUT2D eigenvalue weighted by Gasteiger charge is 2.15. The average Bonchev–Trinajstić information content (AvgIpc) is 2.62. The summed E-state index contributed by atoms with van der Waals surface area (Å²) < 4.78 is 16.4. The van der Waals surface area contributed by atoms with E-state index in [0.717, 1.165) is 11.3 Å². The van der Waals surface area contributed by atoms with Gasteiger partial charge in [0.25, 0.3) is 0 Å². The number of ether oxygens (including phenoxy) is 3. The van der Waals surface area contributed by atoms with Crippen LogP contribution in [0.5, 0.6) is 17.2 Å². The lowest BCUT2D eigenvalue weighted by molar-refractivity contribution is -0.111. The van der Waals surface area contributed by atoms with E-state index >= 15 is 0 Å². The lowest BCUT2D eigenvalue weighted by Crippen LogP contribution is -2.15. The van der Waals surface area contributed by atoms with E-state index in [4.69, 9.17) is 25.8 Å². The number of nitrogens with one attached hydrogen (secondary N) is 1. The molecule has 0 unspecified atom stereocenters. The molecule has 5 nitrogen and oxygen atoms in total. The number of rotatable bonds is 5. The molecule has 0 atom stereocenters. The number of carbonyl (C=O) groups excluding carboxylic acids is 1. The summed E-state index contributed by atoms with van der Waals surface area (Å²) in [5.41, 5.74) is 1.45. The molecule has 25 heavy (non-hydrogen) atoms. The Bertz CT molecular complexity index is 787. The molecule has 0 aliphatic carbocycles. The van der Waals surface area contributed by atoms with Crippen LogP contribution in [0.4, 0.5) is 5.69 Å². The Labute approximate surface area is 151 Å². The molecule has 1 aliphatic heterocycles. The number of benzene rings is 2. The van der Waals surface area contributed by atoms with E-state index in [0.29, 0.717) is 42.0 Å². The molecule has 6 heteroatoms. The number of carbonyl (C=O) groups is 1. The summed E-state index contributed by atoms with van der Waals surface area (Å²) >= 11 is 6.18. The number of halogens is 1. The number of hydrogen-bond acceptors (Lipinski definition) is 4. The van der Waals surface area contributed by atoms with Crippen LogP contribution >= 0.6 is 11.6 Å². The fourth-order valence-corrected chi connectivity index (χ4v) is 2.66. The minimum Gasteiger partial charge on any atom is -0.494 e. The van der Waals surface area contributed by atoms with Crippen molar-refractivity contribution in [2.24, 2.45) is 0 Å². The molecular formula is C19H18ClNO4. The van der Waals surface area contributed by atoms with Crippen molar-refractivity contribution in [3.05, 3.63) is 53.1 Å². The third-order valence-electron chi connectivity index (χ3n) is 3.48. The molecule has 2 aromatic carbocycles. The van der Waals surface area contributed by atoms with Crippen molar-refractivity contribution >= 4 is 29.3 Å². The van der Waals surface area contributed by atoms with Gasteiger partial charge in [0.2, 0.25) is 5.91 Å². The second kappa shape index (κ2) is 7.94. The summed E-state index contributed by atoms with van der Waals surface area (Å²) in [6.45, 7) is 3.48. The van der Waals surface area contributed by atoms with Crippen molar-refractivity contribution < 1.29 is 19.0 Å². The van der Waals surface area contributed by atoms with E-state index in [1.807, 2.05) is 19.1 Å². The smallest absolute Gasteiger partial charge is 0.248 e. The molecule has 0 aromatic heterocycles. The first-order valence-electron chi connectivity index (χ1n) is 7.97. The molecule has 0 bridgehead atoms. The van der Waals surface area contributed by atoms with Crippen LogP contribution in [0, 0.1) is 0 Å². The lowest BCUT2D eigenvalue weighted by Gasteiger charge is -2.19. The Morgan fingerprint density at radius 1 is 1.24 bits per heavy atom. The van der Waals surface area contributed by atoms with E-state index in [2.05, 4.69) is 5.32 Å². The zero-order chi connectivity index (χ0) is 17.6. The SMILES string of the molecule is CCOc1ccc(NC(=O)/C=C/c2cc(Cl)c3c(c2)OCCO3)cc1. The van der Waals surface area contributed by atoms with E-state index in [-0.39, 0.29) is 5.91 Å². The maximum Gasteiger partial charge on any atom is 0.248 e. The molecule has 3 rings (SSSR count). The van der Waals surface area contributed by atoms with Gasteiger partial charge in [-0.3, -0.25) is 4.79 Å². The molecule has 1 amide bonds. The number of amides is 1. The highest BCUT2D eigenvalue weighted by Crippen LogP contribution is 2.38. The van der Waals surface area contributed by atoms with Crippen molar-refractivity contribution in [2.45, 2.75) is 6.92 Å². The maximum atomic E-state index is 12.1. The zero-order valence-corrected chi connectivity index (χ0v) is 14.5. The normalized spacial score (nSPS) is 12.9. The predicted molar refractivity (Wildman–Crippen MR) is 97.7 cm³/mol. The van der Waals surface area contributed by atoms with Crippen molar-refractivity contribution in [2.75, 3.05) is 25.1 Å². The summed E-state index contributed by atoms with van der Waals surface area (Å²) in [6.07, 6.45) is 3.12. The zero-order valence-electron chi connectivity index (χ0n) is 13.8. The largest absolute Gasteiger partial charge is 0.494 e. The van der Waals surface area contributed by atoms with Crippen LogP contribution in [-0.4, -0.2) is 25.7 Å². The Hall–Kier alpha value is -2.66. The second-order valence-corrected chi connectivity index (χ2v) is 5.71. The highest BCUT2D eigenvalue weighted by molar-refractivity contribution is 6.32. The molecule has 1 heterocycles. The topological polar surface area (TPSA) is 56.8 Å². The number of hydrogen-bond donors (Lipinski definition) is 1. The van der Waals surface area contributed by atoms with Crippen molar-refractivity contribution in [3.63, 3.8) is 0 Å². The van der Waals surface area contributed by atoms with Gasteiger partial charge >= 0.3 is 0 Å². The van der Waals surface area contributed by atoms with Crippen LogP contribution < -0.4 is 19.5 Å². The Kier molecular flexibility index (Phi) is 5.46.